The van der Waals surface area contributed by atoms with Gasteiger partial charge in [0, 0.05) is 25.5 Å². The number of carboxylic acid groups (broad SMARTS) is 1. The summed E-state index contributed by atoms with van der Waals surface area (Å²) in [7, 11) is 0. The quantitative estimate of drug-likeness (QED) is 0.743. The van der Waals surface area contributed by atoms with E-state index in [2.05, 4.69) is 28.7 Å². The summed E-state index contributed by atoms with van der Waals surface area (Å²) in [5.74, 6) is -0.572. The SMILES string of the molecule is CCN(CC)CCCN(CC)c1nccnc1C(=O)O. The fourth-order valence-corrected chi connectivity index (χ4v) is 2.15. The molecule has 1 rings (SSSR count). The lowest BCUT2D eigenvalue weighted by molar-refractivity contribution is 0.0690. The van der Waals surface area contributed by atoms with Crippen molar-refractivity contribution in [3.63, 3.8) is 0 Å². The molecule has 0 bridgehead atoms. The van der Waals surface area contributed by atoms with Crippen LogP contribution in [0.2, 0.25) is 0 Å². The van der Waals surface area contributed by atoms with Crippen LogP contribution in [0.15, 0.2) is 12.4 Å². The molecule has 20 heavy (non-hydrogen) atoms. The number of hydrogen-bond acceptors (Lipinski definition) is 5. The highest BCUT2D eigenvalue weighted by Gasteiger charge is 2.17. The summed E-state index contributed by atoms with van der Waals surface area (Å²) < 4.78 is 0. The predicted octanol–water partition coefficient (Wildman–Crippen LogP) is 1.73. The zero-order valence-corrected chi connectivity index (χ0v) is 12.5. The van der Waals surface area contributed by atoms with Gasteiger partial charge in [-0.15, -0.1) is 0 Å². The van der Waals surface area contributed by atoms with Crippen molar-refractivity contribution in [3.8, 4) is 0 Å². The maximum Gasteiger partial charge on any atom is 0.358 e. The van der Waals surface area contributed by atoms with Gasteiger partial charge in [0.2, 0.25) is 0 Å². The van der Waals surface area contributed by atoms with Crippen LogP contribution in [0.1, 0.15) is 37.7 Å². The lowest BCUT2D eigenvalue weighted by Gasteiger charge is -2.24. The molecule has 1 N–H and O–H groups in total. The maximum atomic E-state index is 11.2. The van der Waals surface area contributed by atoms with Gasteiger partial charge >= 0.3 is 5.97 Å². The first-order valence-electron chi connectivity index (χ1n) is 7.15. The van der Waals surface area contributed by atoms with Crippen LogP contribution >= 0.6 is 0 Å². The van der Waals surface area contributed by atoms with Gasteiger partial charge in [0.1, 0.15) is 0 Å². The molecule has 0 radical (unpaired) electrons. The lowest BCUT2D eigenvalue weighted by atomic mass is 10.3. The number of aromatic carboxylic acids is 1. The predicted molar refractivity (Wildman–Crippen MR) is 79.3 cm³/mol. The summed E-state index contributed by atoms with van der Waals surface area (Å²) in [5.41, 5.74) is 0.0252. The van der Waals surface area contributed by atoms with E-state index in [0.29, 0.717) is 5.82 Å². The van der Waals surface area contributed by atoms with E-state index in [4.69, 9.17) is 5.11 Å². The Morgan fingerprint density at radius 3 is 2.30 bits per heavy atom. The molecule has 0 aliphatic rings. The van der Waals surface area contributed by atoms with Crippen molar-refractivity contribution in [2.75, 3.05) is 37.6 Å². The highest BCUT2D eigenvalue weighted by molar-refractivity contribution is 5.90. The molecule has 0 unspecified atom stereocenters. The fraction of sp³-hybridized carbons (Fsp3) is 0.643. The fourth-order valence-electron chi connectivity index (χ4n) is 2.15. The molecule has 0 saturated heterocycles. The van der Waals surface area contributed by atoms with Crippen LogP contribution in [0, 0.1) is 0 Å². The summed E-state index contributed by atoms with van der Waals surface area (Å²) in [4.78, 5) is 23.6. The Hall–Kier alpha value is -1.69. The van der Waals surface area contributed by atoms with Gasteiger partial charge in [0.05, 0.1) is 0 Å². The minimum atomic E-state index is -1.03. The number of aromatic nitrogens is 2. The Morgan fingerprint density at radius 2 is 1.75 bits per heavy atom. The topological polar surface area (TPSA) is 69.6 Å². The van der Waals surface area contributed by atoms with E-state index in [1.54, 1.807) is 0 Å². The van der Waals surface area contributed by atoms with Gasteiger partial charge in [-0.3, -0.25) is 0 Å². The van der Waals surface area contributed by atoms with Crippen molar-refractivity contribution >= 4 is 11.8 Å². The Balaban J connectivity index is 2.69. The molecule has 6 nitrogen and oxygen atoms in total. The minimum Gasteiger partial charge on any atom is -0.476 e. The number of nitrogens with zero attached hydrogens (tertiary/aromatic N) is 4. The van der Waals surface area contributed by atoms with Gasteiger partial charge in [0.15, 0.2) is 11.5 Å². The third-order valence-corrected chi connectivity index (χ3v) is 3.36. The third kappa shape index (κ3) is 4.45. The van der Waals surface area contributed by atoms with Gasteiger partial charge in [-0.25, -0.2) is 14.8 Å². The number of carboxylic acids is 1. The van der Waals surface area contributed by atoms with E-state index in [9.17, 15) is 4.79 Å². The first kappa shape index (κ1) is 16.4. The summed E-state index contributed by atoms with van der Waals surface area (Å²) in [6.07, 6.45) is 3.93. The summed E-state index contributed by atoms with van der Waals surface area (Å²) in [6, 6.07) is 0. The molecule has 0 aliphatic carbocycles. The number of anilines is 1. The van der Waals surface area contributed by atoms with E-state index in [0.717, 1.165) is 39.1 Å². The van der Waals surface area contributed by atoms with E-state index >= 15 is 0 Å². The zero-order chi connectivity index (χ0) is 15.0. The number of rotatable bonds is 9. The second kappa shape index (κ2) is 8.47. The van der Waals surface area contributed by atoms with Crippen LogP contribution in [0.25, 0.3) is 0 Å². The molecule has 0 aromatic carbocycles. The second-order valence-corrected chi connectivity index (χ2v) is 4.49. The highest BCUT2D eigenvalue weighted by Crippen LogP contribution is 2.15. The van der Waals surface area contributed by atoms with Crippen molar-refractivity contribution in [2.24, 2.45) is 0 Å². The van der Waals surface area contributed by atoms with E-state index in [-0.39, 0.29) is 5.69 Å². The average Bonchev–Trinajstić information content (AvgIpc) is 2.47. The van der Waals surface area contributed by atoms with E-state index < -0.39 is 5.97 Å². The Kier molecular flexibility index (Phi) is 6.93. The monoisotopic (exact) mass is 280 g/mol. The first-order valence-corrected chi connectivity index (χ1v) is 7.15. The van der Waals surface area contributed by atoms with Gasteiger partial charge in [0.25, 0.3) is 0 Å². The summed E-state index contributed by atoms with van der Waals surface area (Å²) in [6.45, 7) is 10.9. The molecule has 0 fully saturated rings. The van der Waals surface area contributed by atoms with Crippen LogP contribution in [0.5, 0.6) is 0 Å². The standard InChI is InChI=1S/C14H24N4O2/c1-4-17(5-2)10-7-11-18(6-3)13-12(14(19)20)15-8-9-16-13/h8-9H,4-7,10-11H2,1-3H3,(H,19,20). The Bertz CT molecular complexity index is 421. The van der Waals surface area contributed by atoms with Gasteiger partial charge < -0.3 is 14.9 Å². The van der Waals surface area contributed by atoms with Crippen molar-refractivity contribution in [3.05, 3.63) is 18.1 Å². The summed E-state index contributed by atoms with van der Waals surface area (Å²) >= 11 is 0. The normalized spacial score (nSPS) is 10.8. The van der Waals surface area contributed by atoms with Crippen molar-refractivity contribution in [2.45, 2.75) is 27.2 Å². The lowest BCUT2D eigenvalue weighted by Crippen LogP contribution is -2.31. The van der Waals surface area contributed by atoms with Crippen LogP contribution in [0.3, 0.4) is 0 Å². The van der Waals surface area contributed by atoms with Crippen LogP contribution in [-0.4, -0.2) is 58.7 Å². The number of hydrogen-bond donors (Lipinski definition) is 1. The number of carbonyl (C=O) groups is 1. The zero-order valence-electron chi connectivity index (χ0n) is 12.5. The Labute approximate surface area is 120 Å². The molecule has 1 heterocycles. The molecule has 0 aliphatic heterocycles. The van der Waals surface area contributed by atoms with Crippen LogP contribution < -0.4 is 4.90 Å². The second-order valence-electron chi connectivity index (χ2n) is 4.49. The smallest absolute Gasteiger partial charge is 0.358 e. The van der Waals surface area contributed by atoms with Crippen LogP contribution in [-0.2, 0) is 0 Å². The van der Waals surface area contributed by atoms with E-state index in [1.807, 2.05) is 11.8 Å². The van der Waals surface area contributed by atoms with Crippen molar-refractivity contribution in [1.82, 2.24) is 14.9 Å². The van der Waals surface area contributed by atoms with Crippen molar-refractivity contribution in [1.29, 1.82) is 0 Å². The molecule has 0 saturated carbocycles. The molecule has 6 heteroatoms. The first-order chi connectivity index (χ1) is 9.63. The van der Waals surface area contributed by atoms with Crippen molar-refractivity contribution < 1.29 is 9.90 Å². The highest BCUT2D eigenvalue weighted by atomic mass is 16.4. The molecule has 112 valence electrons. The van der Waals surface area contributed by atoms with Gasteiger partial charge in [-0.05, 0) is 33.0 Å². The Morgan fingerprint density at radius 1 is 1.10 bits per heavy atom. The molecule has 0 atom stereocenters. The van der Waals surface area contributed by atoms with E-state index in [1.165, 1.54) is 12.4 Å². The van der Waals surface area contributed by atoms with Gasteiger partial charge in [-0.2, -0.15) is 0 Å². The summed E-state index contributed by atoms with van der Waals surface area (Å²) in [5, 5.41) is 9.16. The molecular formula is C14H24N4O2. The molecule has 1 aromatic heterocycles. The maximum absolute atomic E-state index is 11.2. The molecule has 1 aromatic rings. The largest absolute Gasteiger partial charge is 0.476 e. The molecule has 0 amide bonds. The molecule has 0 spiro atoms. The average molecular weight is 280 g/mol. The van der Waals surface area contributed by atoms with Gasteiger partial charge in [-0.1, -0.05) is 13.8 Å². The molecular weight excluding hydrogens is 256 g/mol. The van der Waals surface area contributed by atoms with Crippen LogP contribution in [0.4, 0.5) is 5.82 Å². The minimum absolute atomic E-state index is 0.0252. The third-order valence-electron chi connectivity index (χ3n) is 3.36.